The van der Waals surface area contributed by atoms with Gasteiger partial charge in [-0.05, 0) is 37.0 Å². The van der Waals surface area contributed by atoms with Crippen molar-refractivity contribution in [1.82, 2.24) is 5.32 Å². The molecule has 0 saturated carbocycles. The molecule has 0 radical (unpaired) electrons. The Labute approximate surface area is 136 Å². The Bertz CT molecular complexity index is 697. The van der Waals surface area contributed by atoms with E-state index < -0.39 is 0 Å². The highest BCUT2D eigenvalue weighted by molar-refractivity contribution is 5.99. The van der Waals surface area contributed by atoms with Crippen molar-refractivity contribution < 1.29 is 19.1 Å². The summed E-state index contributed by atoms with van der Waals surface area (Å²) in [5.41, 5.74) is 1.42. The summed E-state index contributed by atoms with van der Waals surface area (Å²) in [7, 11) is 1.60. The van der Waals surface area contributed by atoms with E-state index in [9.17, 15) is 9.90 Å². The summed E-state index contributed by atoms with van der Waals surface area (Å²) in [5.74, 6) is 0.691. The van der Waals surface area contributed by atoms with E-state index in [1.165, 1.54) is 0 Å². The first-order valence-electron chi connectivity index (χ1n) is 7.74. The van der Waals surface area contributed by atoms with Crippen LogP contribution in [0, 0.1) is 12.3 Å². The van der Waals surface area contributed by atoms with Crippen LogP contribution in [0.1, 0.15) is 43.3 Å². The van der Waals surface area contributed by atoms with E-state index in [1.807, 2.05) is 13.0 Å². The molecule has 0 fully saturated rings. The van der Waals surface area contributed by atoms with E-state index in [1.54, 1.807) is 19.2 Å². The Morgan fingerprint density at radius 1 is 1.39 bits per heavy atom. The molecule has 1 aromatic carbocycles. The molecular weight excluding hydrogens is 294 g/mol. The maximum atomic E-state index is 12.5. The Kier molecular flexibility index (Phi) is 5.00. The topological polar surface area (TPSA) is 71.7 Å². The number of fused-ring (bicyclic) bond motifs is 1. The highest BCUT2D eigenvalue weighted by Crippen LogP contribution is 2.29. The molecule has 0 spiro atoms. The van der Waals surface area contributed by atoms with E-state index in [0.29, 0.717) is 17.8 Å². The van der Waals surface area contributed by atoms with E-state index in [4.69, 9.17) is 9.15 Å². The number of aliphatic hydroxyl groups excluding tert-OH is 1. The van der Waals surface area contributed by atoms with Gasteiger partial charge in [-0.25, -0.2) is 0 Å². The summed E-state index contributed by atoms with van der Waals surface area (Å²) < 4.78 is 10.9. The molecule has 5 heteroatoms. The van der Waals surface area contributed by atoms with Crippen LogP contribution in [0.25, 0.3) is 11.0 Å². The van der Waals surface area contributed by atoms with Crippen LogP contribution in [0.5, 0.6) is 5.75 Å². The van der Waals surface area contributed by atoms with Gasteiger partial charge in [0.15, 0.2) is 5.76 Å². The molecule has 2 aromatic rings. The number of hydrogen-bond acceptors (Lipinski definition) is 4. The zero-order chi connectivity index (χ0) is 17.2. The van der Waals surface area contributed by atoms with Gasteiger partial charge in [-0.2, -0.15) is 0 Å². The van der Waals surface area contributed by atoms with Crippen LogP contribution >= 0.6 is 0 Å². The molecule has 1 aromatic heterocycles. The van der Waals surface area contributed by atoms with Crippen LogP contribution < -0.4 is 10.1 Å². The molecule has 0 saturated heterocycles. The number of furan rings is 1. The van der Waals surface area contributed by atoms with E-state index >= 15 is 0 Å². The lowest BCUT2D eigenvalue weighted by Crippen LogP contribution is -2.40. The molecule has 2 N–H and O–H groups in total. The van der Waals surface area contributed by atoms with Crippen molar-refractivity contribution in [2.45, 2.75) is 40.2 Å². The molecule has 0 aliphatic heterocycles. The predicted octanol–water partition coefficient (Wildman–Crippen LogP) is 3.28. The molecule has 0 aliphatic carbocycles. The number of amides is 1. The molecule has 1 amide bonds. The van der Waals surface area contributed by atoms with Crippen molar-refractivity contribution in [1.29, 1.82) is 0 Å². The zero-order valence-corrected chi connectivity index (χ0v) is 14.4. The predicted molar refractivity (Wildman–Crippen MR) is 89.9 cm³/mol. The van der Waals surface area contributed by atoms with Gasteiger partial charge in [0.1, 0.15) is 11.3 Å². The van der Waals surface area contributed by atoms with Crippen molar-refractivity contribution in [3.8, 4) is 5.75 Å². The highest BCUT2D eigenvalue weighted by Gasteiger charge is 2.23. The summed E-state index contributed by atoms with van der Waals surface area (Å²) in [6, 6.07) is 5.13. The number of rotatable bonds is 5. The fraction of sp³-hybridized carbons (Fsp3) is 0.500. The third-order valence-electron chi connectivity index (χ3n) is 3.76. The van der Waals surface area contributed by atoms with E-state index in [0.717, 1.165) is 10.9 Å². The molecule has 0 bridgehead atoms. The van der Waals surface area contributed by atoms with Gasteiger partial charge in [-0.15, -0.1) is 0 Å². The van der Waals surface area contributed by atoms with Crippen molar-refractivity contribution in [2.24, 2.45) is 5.41 Å². The minimum Gasteiger partial charge on any atom is -0.497 e. The molecule has 1 heterocycles. The van der Waals surface area contributed by atoms with Crippen LogP contribution in [-0.2, 0) is 0 Å². The average Bonchev–Trinajstić information content (AvgIpc) is 2.81. The smallest absolute Gasteiger partial charge is 0.287 e. The van der Waals surface area contributed by atoms with Crippen LogP contribution in [0.15, 0.2) is 22.6 Å². The standard InChI is InChI=1S/C18H25NO4/c1-11-14-8-13(22-5)6-7-15(14)23-16(11)17(21)19-12(10-20)9-18(2,3)4/h6-8,12,20H,9-10H2,1-5H3,(H,19,21). The molecule has 126 valence electrons. The fourth-order valence-corrected chi connectivity index (χ4v) is 2.69. The number of benzene rings is 1. The van der Waals surface area contributed by atoms with E-state index in [2.05, 4.69) is 26.1 Å². The number of aliphatic hydroxyl groups is 1. The summed E-state index contributed by atoms with van der Waals surface area (Å²) in [6.45, 7) is 7.95. The molecule has 5 nitrogen and oxygen atoms in total. The number of methoxy groups -OCH3 is 1. The van der Waals surface area contributed by atoms with Crippen LogP contribution in [0.2, 0.25) is 0 Å². The van der Waals surface area contributed by atoms with Gasteiger partial charge in [0.05, 0.1) is 19.8 Å². The molecule has 0 aliphatic rings. The SMILES string of the molecule is COc1ccc2oc(C(=O)NC(CO)CC(C)(C)C)c(C)c2c1. The number of hydrogen-bond donors (Lipinski definition) is 2. The van der Waals surface area contributed by atoms with Crippen molar-refractivity contribution in [2.75, 3.05) is 13.7 Å². The van der Waals surface area contributed by atoms with Gasteiger partial charge in [0.2, 0.25) is 0 Å². The third kappa shape index (κ3) is 4.05. The van der Waals surface area contributed by atoms with E-state index in [-0.39, 0.29) is 29.7 Å². The summed E-state index contributed by atoms with van der Waals surface area (Å²) in [5, 5.41) is 13.2. The lowest BCUT2D eigenvalue weighted by molar-refractivity contribution is 0.0871. The van der Waals surface area contributed by atoms with Gasteiger partial charge in [0, 0.05) is 10.9 Å². The second-order valence-corrected chi connectivity index (χ2v) is 7.04. The molecular formula is C18H25NO4. The Morgan fingerprint density at radius 3 is 2.65 bits per heavy atom. The second-order valence-electron chi connectivity index (χ2n) is 7.04. The van der Waals surface area contributed by atoms with Gasteiger partial charge in [0.25, 0.3) is 5.91 Å². The summed E-state index contributed by atoms with van der Waals surface area (Å²) in [4.78, 5) is 12.5. The van der Waals surface area contributed by atoms with Crippen LogP contribution in [0.3, 0.4) is 0 Å². The zero-order valence-electron chi connectivity index (χ0n) is 14.4. The number of nitrogens with one attached hydrogen (secondary N) is 1. The number of aryl methyl sites for hydroxylation is 1. The quantitative estimate of drug-likeness (QED) is 0.887. The fourth-order valence-electron chi connectivity index (χ4n) is 2.69. The van der Waals surface area contributed by atoms with Gasteiger partial charge < -0.3 is 19.6 Å². The summed E-state index contributed by atoms with van der Waals surface area (Å²) in [6.07, 6.45) is 0.683. The molecule has 1 unspecified atom stereocenters. The second kappa shape index (κ2) is 6.62. The average molecular weight is 319 g/mol. The first-order valence-corrected chi connectivity index (χ1v) is 7.74. The molecule has 23 heavy (non-hydrogen) atoms. The maximum Gasteiger partial charge on any atom is 0.287 e. The van der Waals surface area contributed by atoms with Crippen LogP contribution in [-0.4, -0.2) is 30.8 Å². The van der Waals surface area contributed by atoms with Crippen LogP contribution in [0.4, 0.5) is 0 Å². The molecule has 2 rings (SSSR count). The minimum absolute atomic E-state index is 0.0109. The van der Waals surface area contributed by atoms with Gasteiger partial charge >= 0.3 is 0 Å². The highest BCUT2D eigenvalue weighted by atomic mass is 16.5. The number of carbonyl (C=O) groups is 1. The largest absolute Gasteiger partial charge is 0.497 e. The number of carbonyl (C=O) groups excluding carboxylic acids is 1. The van der Waals surface area contributed by atoms with Gasteiger partial charge in [-0.3, -0.25) is 4.79 Å². The third-order valence-corrected chi connectivity index (χ3v) is 3.76. The number of ether oxygens (including phenoxy) is 1. The van der Waals surface area contributed by atoms with Crippen molar-refractivity contribution in [3.63, 3.8) is 0 Å². The minimum atomic E-state index is -0.305. The normalized spacial score (nSPS) is 13.1. The van der Waals surface area contributed by atoms with Crippen molar-refractivity contribution >= 4 is 16.9 Å². The van der Waals surface area contributed by atoms with Gasteiger partial charge in [-0.1, -0.05) is 20.8 Å². The first kappa shape index (κ1) is 17.3. The maximum absolute atomic E-state index is 12.5. The summed E-state index contributed by atoms with van der Waals surface area (Å²) >= 11 is 0. The monoisotopic (exact) mass is 319 g/mol. The first-order chi connectivity index (χ1) is 10.7. The lowest BCUT2D eigenvalue weighted by Gasteiger charge is -2.25. The Hall–Kier alpha value is -2.01. The Balaban J connectivity index is 2.25. The molecule has 1 atom stereocenters. The Morgan fingerprint density at radius 2 is 2.09 bits per heavy atom. The lowest BCUT2D eigenvalue weighted by atomic mass is 9.88. The van der Waals surface area contributed by atoms with Crippen molar-refractivity contribution in [3.05, 3.63) is 29.5 Å².